The lowest BCUT2D eigenvalue weighted by Gasteiger charge is -2.34. The molecule has 2 aliphatic rings. The Balaban J connectivity index is 1.92. The molecule has 144 valence electrons. The van der Waals surface area contributed by atoms with Gasteiger partial charge in [-0.15, -0.1) is 0 Å². The van der Waals surface area contributed by atoms with Gasteiger partial charge < -0.3 is 21.1 Å². The SMILES string of the molecule is CC1CCCN(c2ccc(C(N)=O)cc2NC2=CC(=O)N(CCO)C2=O)C1. The van der Waals surface area contributed by atoms with E-state index in [0.717, 1.165) is 36.5 Å². The van der Waals surface area contributed by atoms with Gasteiger partial charge in [-0.3, -0.25) is 19.3 Å². The molecule has 2 heterocycles. The van der Waals surface area contributed by atoms with Gasteiger partial charge in [0, 0.05) is 24.7 Å². The number of rotatable bonds is 6. The first kappa shape index (κ1) is 18.9. The number of primary amides is 1. The van der Waals surface area contributed by atoms with E-state index < -0.39 is 17.7 Å². The fourth-order valence-electron chi connectivity index (χ4n) is 3.53. The van der Waals surface area contributed by atoms with Crippen molar-refractivity contribution in [1.82, 2.24) is 4.90 Å². The number of nitrogens with one attached hydrogen (secondary N) is 1. The van der Waals surface area contributed by atoms with Crippen molar-refractivity contribution in [3.63, 3.8) is 0 Å². The van der Waals surface area contributed by atoms with Crippen molar-refractivity contribution in [2.45, 2.75) is 19.8 Å². The number of anilines is 2. The third-order valence-corrected chi connectivity index (χ3v) is 4.88. The van der Waals surface area contributed by atoms with Gasteiger partial charge in [-0.2, -0.15) is 0 Å². The number of benzene rings is 1. The Labute approximate surface area is 157 Å². The summed E-state index contributed by atoms with van der Waals surface area (Å²) in [5, 5.41) is 12.0. The second-order valence-electron chi connectivity index (χ2n) is 6.99. The van der Waals surface area contributed by atoms with Gasteiger partial charge in [-0.1, -0.05) is 6.92 Å². The van der Waals surface area contributed by atoms with Crippen LogP contribution in [0.2, 0.25) is 0 Å². The third kappa shape index (κ3) is 3.95. The summed E-state index contributed by atoms with van der Waals surface area (Å²) in [6, 6.07) is 5.08. The van der Waals surface area contributed by atoms with Gasteiger partial charge in [0.2, 0.25) is 5.91 Å². The number of nitrogens with zero attached hydrogens (tertiary/aromatic N) is 2. The van der Waals surface area contributed by atoms with Crippen molar-refractivity contribution in [2.75, 3.05) is 36.5 Å². The maximum atomic E-state index is 12.4. The molecule has 1 atom stereocenters. The average molecular weight is 372 g/mol. The molecule has 1 aromatic rings. The molecule has 0 radical (unpaired) electrons. The molecule has 4 N–H and O–H groups in total. The summed E-state index contributed by atoms with van der Waals surface area (Å²) in [5.74, 6) is -1.01. The molecule has 0 aliphatic carbocycles. The van der Waals surface area contributed by atoms with E-state index in [4.69, 9.17) is 10.8 Å². The minimum atomic E-state index is -0.568. The van der Waals surface area contributed by atoms with Crippen LogP contribution in [0, 0.1) is 5.92 Å². The summed E-state index contributed by atoms with van der Waals surface area (Å²) in [6.45, 7) is 3.57. The molecule has 0 aromatic heterocycles. The third-order valence-electron chi connectivity index (χ3n) is 4.88. The van der Waals surface area contributed by atoms with Gasteiger partial charge in [-0.05, 0) is 37.0 Å². The lowest BCUT2D eigenvalue weighted by Crippen LogP contribution is -2.35. The molecule has 0 saturated carbocycles. The zero-order valence-electron chi connectivity index (χ0n) is 15.3. The minimum Gasteiger partial charge on any atom is -0.395 e. The predicted octanol–water partition coefficient (Wildman–Crippen LogP) is 0.679. The summed E-state index contributed by atoms with van der Waals surface area (Å²) < 4.78 is 0. The molecule has 2 aliphatic heterocycles. The van der Waals surface area contributed by atoms with Crippen LogP contribution in [0.5, 0.6) is 0 Å². The van der Waals surface area contributed by atoms with E-state index >= 15 is 0 Å². The van der Waals surface area contributed by atoms with E-state index in [-0.39, 0.29) is 18.8 Å². The van der Waals surface area contributed by atoms with Gasteiger partial charge in [0.05, 0.1) is 24.5 Å². The van der Waals surface area contributed by atoms with Crippen LogP contribution in [-0.2, 0) is 9.59 Å². The Morgan fingerprint density at radius 3 is 2.81 bits per heavy atom. The van der Waals surface area contributed by atoms with Crippen LogP contribution in [-0.4, -0.2) is 54.0 Å². The second kappa shape index (κ2) is 7.79. The normalized spacial score (nSPS) is 20.1. The van der Waals surface area contributed by atoms with Crippen molar-refractivity contribution in [3.8, 4) is 0 Å². The summed E-state index contributed by atoms with van der Waals surface area (Å²) in [4.78, 5) is 39.2. The summed E-state index contributed by atoms with van der Waals surface area (Å²) in [6.07, 6.45) is 3.42. The Morgan fingerprint density at radius 1 is 1.37 bits per heavy atom. The number of aliphatic hydroxyl groups excluding tert-OH is 1. The topological polar surface area (TPSA) is 116 Å². The van der Waals surface area contributed by atoms with Crippen LogP contribution in [0.3, 0.4) is 0 Å². The van der Waals surface area contributed by atoms with E-state index in [1.54, 1.807) is 12.1 Å². The van der Waals surface area contributed by atoms with Crippen LogP contribution >= 0.6 is 0 Å². The lowest BCUT2D eigenvalue weighted by atomic mass is 9.99. The number of nitrogens with two attached hydrogens (primary N) is 1. The summed E-state index contributed by atoms with van der Waals surface area (Å²) >= 11 is 0. The lowest BCUT2D eigenvalue weighted by molar-refractivity contribution is -0.137. The van der Waals surface area contributed by atoms with Crippen LogP contribution in [0.1, 0.15) is 30.1 Å². The maximum Gasteiger partial charge on any atom is 0.277 e. The number of imide groups is 1. The molecule has 0 spiro atoms. The Bertz CT molecular complexity index is 805. The van der Waals surface area contributed by atoms with E-state index in [2.05, 4.69) is 17.1 Å². The van der Waals surface area contributed by atoms with E-state index in [9.17, 15) is 14.4 Å². The van der Waals surface area contributed by atoms with E-state index in [0.29, 0.717) is 17.2 Å². The zero-order chi connectivity index (χ0) is 19.6. The van der Waals surface area contributed by atoms with Gasteiger partial charge >= 0.3 is 0 Å². The van der Waals surface area contributed by atoms with Gasteiger partial charge in [0.25, 0.3) is 11.8 Å². The highest BCUT2D eigenvalue weighted by Crippen LogP contribution is 2.32. The van der Waals surface area contributed by atoms with Crippen molar-refractivity contribution in [2.24, 2.45) is 11.7 Å². The monoisotopic (exact) mass is 372 g/mol. The fraction of sp³-hybridized carbons (Fsp3) is 0.421. The molecule has 3 amide bonds. The molecule has 0 bridgehead atoms. The highest BCUT2D eigenvalue weighted by molar-refractivity contribution is 6.17. The highest BCUT2D eigenvalue weighted by Gasteiger charge is 2.31. The van der Waals surface area contributed by atoms with Crippen molar-refractivity contribution in [1.29, 1.82) is 0 Å². The summed E-state index contributed by atoms with van der Waals surface area (Å²) in [5.41, 5.74) is 7.24. The van der Waals surface area contributed by atoms with Crippen molar-refractivity contribution in [3.05, 3.63) is 35.5 Å². The molecule has 3 rings (SSSR count). The Hall–Kier alpha value is -2.87. The first-order valence-electron chi connectivity index (χ1n) is 9.05. The standard InChI is InChI=1S/C19H24N4O4/c1-12-3-2-6-22(11-12)16-5-4-13(18(20)26)9-14(16)21-15-10-17(25)23(7-8-24)19(15)27/h4-5,9-10,12,21,24H,2-3,6-8,11H2,1H3,(H2,20,26). The molecular weight excluding hydrogens is 348 g/mol. The van der Waals surface area contributed by atoms with Crippen LogP contribution < -0.4 is 16.0 Å². The number of β-amino-alcohol motifs (C(OH)–C–C–N with tert-alkyl or cyclic N) is 1. The van der Waals surface area contributed by atoms with Gasteiger partial charge in [0.1, 0.15) is 5.70 Å². The first-order chi connectivity index (χ1) is 12.9. The molecule has 1 unspecified atom stereocenters. The molecule has 1 aromatic carbocycles. The van der Waals surface area contributed by atoms with E-state index in [1.807, 2.05) is 6.07 Å². The van der Waals surface area contributed by atoms with Crippen molar-refractivity contribution < 1.29 is 19.5 Å². The smallest absolute Gasteiger partial charge is 0.277 e. The first-order valence-corrected chi connectivity index (χ1v) is 9.05. The largest absolute Gasteiger partial charge is 0.395 e. The quantitative estimate of drug-likeness (QED) is 0.633. The molecule has 8 nitrogen and oxygen atoms in total. The Kier molecular flexibility index (Phi) is 5.46. The number of amides is 3. The zero-order valence-corrected chi connectivity index (χ0v) is 15.3. The second-order valence-corrected chi connectivity index (χ2v) is 6.99. The number of aliphatic hydroxyl groups is 1. The van der Waals surface area contributed by atoms with Crippen molar-refractivity contribution >= 4 is 29.1 Å². The van der Waals surface area contributed by atoms with Crippen LogP contribution in [0.4, 0.5) is 11.4 Å². The molecule has 8 heteroatoms. The highest BCUT2D eigenvalue weighted by atomic mass is 16.3. The number of piperidine rings is 1. The van der Waals surface area contributed by atoms with Crippen LogP contribution in [0.15, 0.2) is 30.0 Å². The van der Waals surface area contributed by atoms with Gasteiger partial charge in [-0.25, -0.2) is 0 Å². The predicted molar refractivity (Wildman–Crippen MR) is 101 cm³/mol. The number of hydrogen-bond donors (Lipinski definition) is 3. The minimum absolute atomic E-state index is 0.0584. The molecule has 1 saturated heterocycles. The maximum absolute atomic E-state index is 12.4. The average Bonchev–Trinajstić information content (AvgIpc) is 2.89. The molecule has 27 heavy (non-hydrogen) atoms. The molecular formula is C19H24N4O4. The number of carbonyl (C=O) groups excluding carboxylic acids is 3. The fourth-order valence-corrected chi connectivity index (χ4v) is 3.53. The number of carbonyl (C=O) groups is 3. The molecule has 1 fully saturated rings. The van der Waals surface area contributed by atoms with Crippen LogP contribution in [0.25, 0.3) is 0 Å². The Morgan fingerprint density at radius 2 is 2.15 bits per heavy atom. The van der Waals surface area contributed by atoms with Gasteiger partial charge in [0.15, 0.2) is 0 Å². The summed E-state index contributed by atoms with van der Waals surface area (Å²) in [7, 11) is 0. The van der Waals surface area contributed by atoms with E-state index in [1.165, 1.54) is 6.08 Å². The number of hydrogen-bond acceptors (Lipinski definition) is 6.